The highest BCUT2D eigenvalue weighted by Crippen LogP contribution is 2.32. The van der Waals surface area contributed by atoms with Crippen molar-refractivity contribution in [3.63, 3.8) is 0 Å². The Morgan fingerprint density at radius 1 is 0.842 bits per heavy atom. The van der Waals surface area contributed by atoms with Gasteiger partial charge in [0.2, 0.25) is 0 Å². The van der Waals surface area contributed by atoms with Gasteiger partial charge in [0.25, 0.3) is 0 Å². The Kier molecular flexibility index (Phi) is 3.92. The van der Waals surface area contributed by atoms with E-state index < -0.39 is 0 Å². The van der Waals surface area contributed by atoms with Crippen LogP contribution in [0, 0.1) is 0 Å². The van der Waals surface area contributed by atoms with E-state index in [-0.39, 0.29) is 0 Å². The van der Waals surface area contributed by atoms with Crippen molar-refractivity contribution in [3.8, 4) is 0 Å². The maximum atomic E-state index is 2.34. The number of aromatic nitrogens is 1. The number of hydrogen-bond acceptors (Lipinski definition) is 0. The van der Waals surface area contributed by atoms with Crippen LogP contribution in [0.3, 0.4) is 0 Å². The van der Waals surface area contributed by atoms with Crippen molar-refractivity contribution in [2.75, 3.05) is 0 Å². The third-order valence-electron chi connectivity index (χ3n) is 4.20. The Balaban J connectivity index is 1.68. The minimum Gasteiger partial charge on any atom is -0.201 e. The van der Waals surface area contributed by atoms with Crippen LogP contribution in [0.4, 0.5) is 0 Å². The Labute approximate surface area is 115 Å². The van der Waals surface area contributed by atoms with Crippen LogP contribution in [0.2, 0.25) is 0 Å². The van der Waals surface area contributed by atoms with E-state index in [9.17, 15) is 0 Å². The van der Waals surface area contributed by atoms with Gasteiger partial charge in [-0.25, -0.2) is 4.57 Å². The van der Waals surface area contributed by atoms with Gasteiger partial charge in [0.05, 0.1) is 0 Å². The topological polar surface area (TPSA) is 3.88 Å². The molecule has 1 aliphatic rings. The normalized spacial score (nSPS) is 16.4. The van der Waals surface area contributed by atoms with E-state index >= 15 is 0 Å². The molecule has 19 heavy (non-hydrogen) atoms. The highest BCUT2D eigenvalue weighted by atomic mass is 14.9. The van der Waals surface area contributed by atoms with E-state index in [1.54, 1.807) is 5.56 Å². The van der Waals surface area contributed by atoms with Crippen LogP contribution >= 0.6 is 0 Å². The first kappa shape index (κ1) is 12.4. The predicted octanol–water partition coefficient (Wildman–Crippen LogP) is 4.07. The molecule has 0 saturated heterocycles. The van der Waals surface area contributed by atoms with Gasteiger partial charge in [0, 0.05) is 17.7 Å². The Bertz CT molecular complexity index is 495. The lowest BCUT2D eigenvalue weighted by atomic mass is 9.84. The standard InChI is InChI=1S/C18H22N/c1-3-7-17(8-4-1)18-11-9-16(10-12-18)15-19-13-5-2-6-14-19/h2,5-6,9-14,17H,1,3-4,7-8,15H2/q+1. The Morgan fingerprint density at radius 3 is 2.21 bits per heavy atom. The molecular weight excluding hydrogens is 230 g/mol. The molecule has 2 aromatic rings. The highest BCUT2D eigenvalue weighted by Gasteiger charge is 2.15. The molecule has 1 heteroatoms. The number of pyridine rings is 1. The van der Waals surface area contributed by atoms with Crippen LogP contribution in [-0.2, 0) is 6.54 Å². The number of hydrogen-bond donors (Lipinski definition) is 0. The van der Waals surface area contributed by atoms with Crippen LogP contribution < -0.4 is 4.57 Å². The summed E-state index contributed by atoms with van der Waals surface area (Å²) >= 11 is 0. The lowest BCUT2D eigenvalue weighted by Gasteiger charge is -2.21. The summed E-state index contributed by atoms with van der Waals surface area (Å²) < 4.78 is 2.22. The van der Waals surface area contributed by atoms with Crippen molar-refractivity contribution in [1.82, 2.24) is 0 Å². The molecule has 0 aliphatic heterocycles. The molecule has 1 heterocycles. The Hall–Kier alpha value is -1.63. The number of rotatable bonds is 3. The van der Waals surface area contributed by atoms with Crippen LogP contribution in [0.5, 0.6) is 0 Å². The fraction of sp³-hybridized carbons (Fsp3) is 0.389. The fourth-order valence-electron chi connectivity index (χ4n) is 3.08. The van der Waals surface area contributed by atoms with E-state index in [1.165, 1.54) is 37.7 Å². The molecule has 1 aromatic carbocycles. The van der Waals surface area contributed by atoms with Gasteiger partial charge in [0.1, 0.15) is 0 Å². The SMILES string of the molecule is c1cc[n+](Cc2ccc(C3CCCCC3)cc2)cc1. The molecule has 0 unspecified atom stereocenters. The first-order chi connectivity index (χ1) is 9.42. The van der Waals surface area contributed by atoms with Crippen molar-refractivity contribution in [1.29, 1.82) is 0 Å². The van der Waals surface area contributed by atoms with Gasteiger partial charge < -0.3 is 0 Å². The lowest BCUT2D eigenvalue weighted by Crippen LogP contribution is -2.32. The van der Waals surface area contributed by atoms with Crippen LogP contribution in [-0.4, -0.2) is 0 Å². The van der Waals surface area contributed by atoms with Gasteiger partial charge in [-0.05, 0) is 24.3 Å². The molecule has 1 aromatic heterocycles. The lowest BCUT2D eigenvalue weighted by molar-refractivity contribution is -0.688. The van der Waals surface area contributed by atoms with Gasteiger partial charge in [-0.15, -0.1) is 0 Å². The molecule has 0 spiro atoms. The smallest absolute Gasteiger partial charge is 0.173 e. The molecule has 1 saturated carbocycles. The molecule has 0 amide bonds. The predicted molar refractivity (Wildman–Crippen MR) is 78.0 cm³/mol. The summed E-state index contributed by atoms with van der Waals surface area (Å²) in [6.07, 6.45) is 11.3. The number of nitrogens with zero attached hydrogens (tertiary/aromatic N) is 1. The van der Waals surface area contributed by atoms with Gasteiger partial charge in [0.15, 0.2) is 18.9 Å². The minimum atomic E-state index is 0.812. The van der Waals surface area contributed by atoms with Crippen LogP contribution in [0.15, 0.2) is 54.9 Å². The van der Waals surface area contributed by atoms with Crippen LogP contribution in [0.1, 0.15) is 49.1 Å². The zero-order valence-corrected chi connectivity index (χ0v) is 11.5. The molecule has 0 N–H and O–H groups in total. The molecule has 1 fully saturated rings. The van der Waals surface area contributed by atoms with Crippen molar-refractivity contribution < 1.29 is 4.57 Å². The largest absolute Gasteiger partial charge is 0.201 e. The first-order valence-corrected chi connectivity index (χ1v) is 7.45. The average molecular weight is 252 g/mol. The second-order valence-corrected chi connectivity index (χ2v) is 5.62. The van der Waals surface area contributed by atoms with Crippen molar-refractivity contribution in [2.24, 2.45) is 0 Å². The maximum Gasteiger partial charge on any atom is 0.173 e. The number of benzene rings is 1. The Morgan fingerprint density at radius 2 is 1.53 bits per heavy atom. The van der Waals surface area contributed by atoms with Gasteiger partial charge >= 0.3 is 0 Å². The zero-order chi connectivity index (χ0) is 12.9. The quantitative estimate of drug-likeness (QED) is 0.725. The van der Waals surface area contributed by atoms with E-state index in [0.717, 1.165) is 12.5 Å². The monoisotopic (exact) mass is 252 g/mol. The second kappa shape index (κ2) is 6.01. The average Bonchev–Trinajstić information content (AvgIpc) is 2.50. The van der Waals surface area contributed by atoms with Crippen molar-refractivity contribution in [2.45, 2.75) is 44.6 Å². The van der Waals surface area contributed by atoms with E-state index in [2.05, 4.69) is 59.4 Å². The van der Waals surface area contributed by atoms with Gasteiger partial charge in [-0.1, -0.05) is 49.6 Å². The molecule has 3 rings (SSSR count). The summed E-state index contributed by atoms with van der Waals surface area (Å²) in [6, 6.07) is 15.5. The minimum absolute atomic E-state index is 0.812. The van der Waals surface area contributed by atoms with Gasteiger partial charge in [-0.3, -0.25) is 0 Å². The molecule has 0 radical (unpaired) electrons. The molecular formula is C18H22N+. The van der Waals surface area contributed by atoms with Gasteiger partial charge in [-0.2, -0.15) is 0 Å². The second-order valence-electron chi connectivity index (χ2n) is 5.62. The van der Waals surface area contributed by atoms with Crippen LogP contribution in [0.25, 0.3) is 0 Å². The highest BCUT2D eigenvalue weighted by molar-refractivity contribution is 5.25. The third kappa shape index (κ3) is 3.23. The summed E-state index contributed by atoms with van der Waals surface area (Å²) in [4.78, 5) is 0. The summed E-state index contributed by atoms with van der Waals surface area (Å²) in [5.74, 6) is 0.812. The zero-order valence-electron chi connectivity index (χ0n) is 11.5. The summed E-state index contributed by atoms with van der Waals surface area (Å²) in [5, 5.41) is 0. The third-order valence-corrected chi connectivity index (χ3v) is 4.20. The first-order valence-electron chi connectivity index (χ1n) is 7.45. The molecule has 0 bridgehead atoms. The van der Waals surface area contributed by atoms with Crippen molar-refractivity contribution >= 4 is 0 Å². The van der Waals surface area contributed by atoms with E-state index in [1.807, 2.05) is 0 Å². The van der Waals surface area contributed by atoms with Crippen molar-refractivity contribution in [3.05, 3.63) is 66.0 Å². The molecule has 0 atom stereocenters. The molecule has 98 valence electrons. The summed E-state index contributed by atoms with van der Waals surface area (Å²) in [6.45, 7) is 0.964. The fourth-order valence-corrected chi connectivity index (χ4v) is 3.08. The van der Waals surface area contributed by atoms with E-state index in [4.69, 9.17) is 0 Å². The maximum absolute atomic E-state index is 2.34. The summed E-state index contributed by atoms with van der Waals surface area (Å²) in [7, 11) is 0. The van der Waals surface area contributed by atoms with E-state index in [0.29, 0.717) is 0 Å². The summed E-state index contributed by atoms with van der Waals surface area (Å²) in [5.41, 5.74) is 2.93. The molecule has 1 aliphatic carbocycles. The molecule has 1 nitrogen and oxygen atoms in total.